The molecule has 3 heteroatoms. The number of esters is 1. The summed E-state index contributed by atoms with van der Waals surface area (Å²) in [7, 11) is 0. The van der Waals surface area contributed by atoms with Gasteiger partial charge in [0.2, 0.25) is 0 Å². The van der Waals surface area contributed by atoms with Crippen LogP contribution in [-0.4, -0.2) is 17.6 Å². The number of hydrogen-bond donors (Lipinski definition) is 1. The van der Waals surface area contributed by atoms with Gasteiger partial charge in [-0.1, -0.05) is 26.7 Å². The van der Waals surface area contributed by atoms with Crippen molar-refractivity contribution in [3.05, 3.63) is 0 Å². The number of rotatable bonds is 2. The van der Waals surface area contributed by atoms with E-state index in [1.54, 1.807) is 0 Å². The molecule has 0 spiro atoms. The molecular weight excluding hydrogens is 226 g/mol. The summed E-state index contributed by atoms with van der Waals surface area (Å²) >= 11 is 0. The lowest BCUT2D eigenvalue weighted by molar-refractivity contribution is -0.161. The van der Waals surface area contributed by atoms with Crippen molar-refractivity contribution in [1.29, 1.82) is 0 Å². The van der Waals surface area contributed by atoms with E-state index < -0.39 is 5.54 Å². The van der Waals surface area contributed by atoms with Gasteiger partial charge in [0.25, 0.3) is 0 Å². The zero-order chi connectivity index (χ0) is 13.2. The molecule has 3 nitrogen and oxygen atoms in total. The van der Waals surface area contributed by atoms with Gasteiger partial charge >= 0.3 is 5.97 Å². The molecule has 0 aromatic heterocycles. The van der Waals surface area contributed by atoms with Crippen molar-refractivity contribution < 1.29 is 9.53 Å². The maximum Gasteiger partial charge on any atom is 0.326 e. The monoisotopic (exact) mass is 253 g/mol. The lowest BCUT2D eigenvalue weighted by Gasteiger charge is -2.38. The Labute approximate surface area is 110 Å². The Bertz CT molecular complexity index is 297. The SMILES string of the molecule is CC1CCC(OC(=O)C2(N)CCCCC2C)CC1. The summed E-state index contributed by atoms with van der Waals surface area (Å²) in [5, 5.41) is 0. The fourth-order valence-electron chi connectivity index (χ4n) is 3.28. The molecule has 0 radical (unpaired) electrons. The van der Waals surface area contributed by atoms with Crippen LogP contribution < -0.4 is 5.73 Å². The Morgan fingerprint density at radius 3 is 2.39 bits per heavy atom. The Balaban J connectivity index is 1.90. The zero-order valence-corrected chi connectivity index (χ0v) is 11.8. The highest BCUT2D eigenvalue weighted by Gasteiger charge is 2.43. The lowest BCUT2D eigenvalue weighted by atomic mass is 9.74. The Hall–Kier alpha value is -0.570. The number of nitrogens with two attached hydrogens (primary N) is 1. The van der Waals surface area contributed by atoms with Gasteiger partial charge in [-0.3, -0.25) is 4.79 Å². The summed E-state index contributed by atoms with van der Waals surface area (Å²) < 4.78 is 5.69. The molecule has 2 saturated carbocycles. The molecule has 2 fully saturated rings. The molecule has 0 amide bonds. The van der Waals surface area contributed by atoms with Crippen molar-refractivity contribution in [1.82, 2.24) is 0 Å². The first-order chi connectivity index (χ1) is 8.52. The first kappa shape index (κ1) is 13.9. The molecule has 2 N–H and O–H groups in total. The van der Waals surface area contributed by atoms with Crippen molar-refractivity contribution in [2.45, 2.75) is 76.9 Å². The summed E-state index contributed by atoms with van der Waals surface area (Å²) in [4.78, 5) is 12.3. The normalized spacial score (nSPS) is 41.4. The van der Waals surface area contributed by atoms with Gasteiger partial charge in [0.05, 0.1) is 0 Å². The van der Waals surface area contributed by atoms with Crippen LogP contribution in [0.15, 0.2) is 0 Å². The van der Waals surface area contributed by atoms with Gasteiger partial charge in [-0.15, -0.1) is 0 Å². The van der Waals surface area contributed by atoms with Crippen LogP contribution in [0.25, 0.3) is 0 Å². The molecule has 2 aliphatic carbocycles. The van der Waals surface area contributed by atoms with Crippen molar-refractivity contribution in [2.75, 3.05) is 0 Å². The molecule has 18 heavy (non-hydrogen) atoms. The van der Waals surface area contributed by atoms with Gasteiger partial charge in [-0.2, -0.15) is 0 Å². The summed E-state index contributed by atoms with van der Waals surface area (Å²) in [5.74, 6) is 0.885. The van der Waals surface area contributed by atoms with E-state index in [0.29, 0.717) is 0 Å². The van der Waals surface area contributed by atoms with Gasteiger partial charge in [0, 0.05) is 0 Å². The maximum absolute atomic E-state index is 12.3. The summed E-state index contributed by atoms with van der Waals surface area (Å²) in [6, 6.07) is 0. The van der Waals surface area contributed by atoms with Crippen LogP contribution in [-0.2, 0) is 9.53 Å². The molecular formula is C15H27NO2. The first-order valence-electron chi connectivity index (χ1n) is 7.52. The van der Waals surface area contributed by atoms with E-state index in [4.69, 9.17) is 10.5 Å². The molecule has 0 heterocycles. The first-order valence-corrected chi connectivity index (χ1v) is 7.52. The lowest BCUT2D eigenvalue weighted by Crippen LogP contribution is -2.56. The highest BCUT2D eigenvalue weighted by molar-refractivity contribution is 5.81. The van der Waals surface area contributed by atoms with Crippen LogP contribution in [0.3, 0.4) is 0 Å². The van der Waals surface area contributed by atoms with Crippen molar-refractivity contribution in [3.8, 4) is 0 Å². The fraction of sp³-hybridized carbons (Fsp3) is 0.933. The summed E-state index contributed by atoms with van der Waals surface area (Å²) in [5.41, 5.74) is 5.60. The molecule has 2 aliphatic rings. The maximum atomic E-state index is 12.3. The van der Waals surface area contributed by atoms with E-state index >= 15 is 0 Å². The van der Waals surface area contributed by atoms with Crippen LogP contribution in [0, 0.1) is 11.8 Å². The minimum absolute atomic E-state index is 0.114. The Kier molecular flexibility index (Phi) is 4.31. The molecule has 2 rings (SSSR count). The second-order valence-electron chi connectivity index (χ2n) is 6.47. The molecule has 0 aliphatic heterocycles. The second-order valence-corrected chi connectivity index (χ2v) is 6.47. The van der Waals surface area contributed by atoms with Crippen molar-refractivity contribution >= 4 is 5.97 Å². The third-order valence-corrected chi connectivity index (χ3v) is 4.97. The fourth-order valence-corrected chi connectivity index (χ4v) is 3.28. The number of hydrogen-bond acceptors (Lipinski definition) is 3. The van der Waals surface area contributed by atoms with Gasteiger partial charge in [-0.05, 0) is 50.4 Å². The third kappa shape index (κ3) is 2.87. The molecule has 0 saturated heterocycles. The third-order valence-electron chi connectivity index (χ3n) is 4.97. The van der Waals surface area contributed by atoms with Crippen LogP contribution >= 0.6 is 0 Å². The standard InChI is InChI=1S/C15H27NO2/c1-11-6-8-13(9-7-11)18-14(17)15(16)10-4-3-5-12(15)2/h11-13H,3-10,16H2,1-2H3. The van der Waals surface area contributed by atoms with E-state index in [-0.39, 0.29) is 18.0 Å². The summed E-state index contributed by atoms with van der Waals surface area (Å²) in [6.45, 7) is 4.36. The largest absolute Gasteiger partial charge is 0.461 e. The number of carbonyl (C=O) groups is 1. The van der Waals surface area contributed by atoms with Crippen LogP contribution in [0.2, 0.25) is 0 Å². The Morgan fingerprint density at radius 2 is 1.78 bits per heavy atom. The minimum atomic E-state index is -0.721. The molecule has 0 aromatic carbocycles. The van der Waals surface area contributed by atoms with Crippen molar-refractivity contribution in [3.63, 3.8) is 0 Å². The van der Waals surface area contributed by atoms with E-state index in [0.717, 1.165) is 38.0 Å². The van der Waals surface area contributed by atoms with Crippen LogP contribution in [0.5, 0.6) is 0 Å². The van der Waals surface area contributed by atoms with Crippen molar-refractivity contribution in [2.24, 2.45) is 17.6 Å². The van der Waals surface area contributed by atoms with Crippen LogP contribution in [0.4, 0.5) is 0 Å². The summed E-state index contributed by atoms with van der Waals surface area (Å²) in [6.07, 6.45) is 8.56. The van der Waals surface area contributed by atoms with E-state index in [1.807, 2.05) is 0 Å². The molecule has 2 unspecified atom stereocenters. The average Bonchev–Trinajstić information content (AvgIpc) is 2.36. The molecule has 2 atom stereocenters. The minimum Gasteiger partial charge on any atom is -0.461 e. The van der Waals surface area contributed by atoms with Gasteiger partial charge in [0.1, 0.15) is 11.6 Å². The second kappa shape index (κ2) is 5.60. The zero-order valence-electron chi connectivity index (χ0n) is 11.8. The Morgan fingerprint density at radius 1 is 1.11 bits per heavy atom. The predicted molar refractivity (Wildman–Crippen MR) is 72.1 cm³/mol. The number of carbonyl (C=O) groups excluding carboxylic acids is 1. The molecule has 0 bridgehead atoms. The van der Waals surface area contributed by atoms with E-state index in [2.05, 4.69) is 13.8 Å². The van der Waals surface area contributed by atoms with E-state index in [1.165, 1.54) is 19.3 Å². The number of ether oxygens (including phenoxy) is 1. The van der Waals surface area contributed by atoms with E-state index in [9.17, 15) is 4.79 Å². The smallest absolute Gasteiger partial charge is 0.326 e. The van der Waals surface area contributed by atoms with Gasteiger partial charge in [0.15, 0.2) is 0 Å². The average molecular weight is 253 g/mol. The quantitative estimate of drug-likeness (QED) is 0.770. The predicted octanol–water partition coefficient (Wildman–Crippen LogP) is 3.02. The molecule has 104 valence electrons. The highest BCUT2D eigenvalue weighted by atomic mass is 16.5. The highest BCUT2D eigenvalue weighted by Crippen LogP contribution is 2.34. The van der Waals surface area contributed by atoms with Gasteiger partial charge < -0.3 is 10.5 Å². The molecule has 0 aromatic rings. The van der Waals surface area contributed by atoms with Crippen LogP contribution in [0.1, 0.15) is 65.2 Å². The topological polar surface area (TPSA) is 52.3 Å². The van der Waals surface area contributed by atoms with Gasteiger partial charge in [-0.25, -0.2) is 0 Å².